The van der Waals surface area contributed by atoms with E-state index in [0.29, 0.717) is 11.5 Å². The number of fused-ring (bicyclic) bond motifs is 1. The summed E-state index contributed by atoms with van der Waals surface area (Å²) in [6, 6.07) is 19.1. The van der Waals surface area contributed by atoms with Crippen LogP contribution in [0.2, 0.25) is 0 Å². The van der Waals surface area contributed by atoms with Crippen molar-refractivity contribution in [1.82, 2.24) is 0 Å². The minimum Gasteiger partial charge on any atom is -0.497 e. The third-order valence-electron chi connectivity index (χ3n) is 4.29. The number of ether oxygens (including phenoxy) is 4. The monoisotopic (exact) mass is 382 g/mol. The molecular weight excluding hydrogens is 364 g/mol. The van der Waals surface area contributed by atoms with Crippen molar-refractivity contribution in [2.24, 2.45) is 0 Å². The first-order valence-corrected chi connectivity index (χ1v) is 9.00. The summed E-state index contributed by atoms with van der Waals surface area (Å²) in [5.74, 6) is 15.5. The van der Waals surface area contributed by atoms with E-state index in [9.17, 15) is 0 Å². The molecule has 4 heteroatoms. The van der Waals surface area contributed by atoms with E-state index in [2.05, 4.69) is 23.7 Å². The quantitative estimate of drug-likeness (QED) is 0.622. The van der Waals surface area contributed by atoms with Crippen LogP contribution in [0.1, 0.15) is 22.3 Å². The summed E-state index contributed by atoms with van der Waals surface area (Å²) in [5.41, 5.74) is 3.45. The second-order valence-electron chi connectivity index (χ2n) is 6.25. The fourth-order valence-electron chi connectivity index (χ4n) is 2.82. The molecule has 0 aromatic heterocycles. The van der Waals surface area contributed by atoms with Crippen molar-refractivity contribution in [2.45, 2.75) is 0 Å². The first-order chi connectivity index (χ1) is 14.2. The van der Waals surface area contributed by atoms with E-state index in [0.717, 1.165) is 33.8 Å². The van der Waals surface area contributed by atoms with Crippen molar-refractivity contribution >= 4 is 0 Å². The lowest BCUT2D eigenvalue weighted by atomic mass is 10.1. The molecule has 1 aliphatic rings. The van der Waals surface area contributed by atoms with E-state index in [-0.39, 0.29) is 6.79 Å². The Morgan fingerprint density at radius 2 is 1.21 bits per heavy atom. The number of benzene rings is 3. The topological polar surface area (TPSA) is 36.9 Å². The zero-order chi connectivity index (χ0) is 20.1. The molecule has 0 unspecified atom stereocenters. The van der Waals surface area contributed by atoms with Gasteiger partial charge in [0.2, 0.25) is 6.79 Å². The van der Waals surface area contributed by atoms with Gasteiger partial charge < -0.3 is 18.9 Å². The molecule has 0 bridgehead atoms. The van der Waals surface area contributed by atoms with Gasteiger partial charge in [-0.15, -0.1) is 0 Å². The zero-order valence-corrected chi connectivity index (χ0v) is 16.1. The number of methoxy groups -OCH3 is 2. The molecule has 0 amide bonds. The average molecular weight is 382 g/mol. The Morgan fingerprint density at radius 1 is 0.621 bits per heavy atom. The van der Waals surface area contributed by atoms with Gasteiger partial charge in [-0.3, -0.25) is 0 Å². The van der Waals surface area contributed by atoms with Crippen LogP contribution < -0.4 is 18.9 Å². The van der Waals surface area contributed by atoms with Gasteiger partial charge in [0.25, 0.3) is 0 Å². The molecule has 1 aliphatic heterocycles. The van der Waals surface area contributed by atoms with Crippen molar-refractivity contribution in [1.29, 1.82) is 0 Å². The van der Waals surface area contributed by atoms with Gasteiger partial charge in [0.15, 0.2) is 11.5 Å². The number of rotatable bonds is 2. The lowest BCUT2D eigenvalue weighted by Crippen LogP contribution is -1.92. The second kappa shape index (κ2) is 8.33. The van der Waals surface area contributed by atoms with E-state index >= 15 is 0 Å². The summed E-state index contributed by atoms with van der Waals surface area (Å²) in [4.78, 5) is 0. The minimum absolute atomic E-state index is 0.256. The summed E-state index contributed by atoms with van der Waals surface area (Å²) in [5, 5.41) is 0. The molecule has 142 valence electrons. The molecule has 1 heterocycles. The molecule has 0 saturated heterocycles. The van der Waals surface area contributed by atoms with E-state index in [1.54, 1.807) is 14.2 Å². The van der Waals surface area contributed by atoms with E-state index in [1.165, 1.54) is 0 Å². The average Bonchev–Trinajstić information content (AvgIpc) is 3.24. The van der Waals surface area contributed by atoms with Gasteiger partial charge in [0.1, 0.15) is 11.5 Å². The molecule has 0 aliphatic carbocycles. The maximum absolute atomic E-state index is 5.39. The molecule has 3 aromatic rings. The summed E-state index contributed by atoms with van der Waals surface area (Å²) in [6.07, 6.45) is 0. The van der Waals surface area contributed by atoms with Gasteiger partial charge in [-0.2, -0.15) is 0 Å². The Balaban J connectivity index is 1.56. The Labute approximate surface area is 170 Å². The standard InChI is InChI=1S/C25H18O4/c1-26-22-13-21(14-23(16-22)27-2)9-8-19-5-3-4-18(12-19)6-7-20-10-11-24-25(15-20)29-17-28-24/h3-5,10-16H,17H2,1-2H3. The number of hydrogen-bond acceptors (Lipinski definition) is 4. The lowest BCUT2D eigenvalue weighted by molar-refractivity contribution is 0.174. The van der Waals surface area contributed by atoms with E-state index < -0.39 is 0 Å². The predicted molar refractivity (Wildman–Crippen MR) is 111 cm³/mol. The van der Waals surface area contributed by atoms with Crippen LogP contribution in [0.4, 0.5) is 0 Å². The van der Waals surface area contributed by atoms with Crippen LogP contribution in [0.3, 0.4) is 0 Å². The third kappa shape index (κ3) is 4.46. The van der Waals surface area contributed by atoms with Crippen molar-refractivity contribution in [2.75, 3.05) is 21.0 Å². The molecule has 3 aromatic carbocycles. The minimum atomic E-state index is 0.256. The maximum atomic E-state index is 5.39. The van der Waals surface area contributed by atoms with Crippen LogP contribution in [-0.4, -0.2) is 21.0 Å². The second-order valence-corrected chi connectivity index (χ2v) is 6.25. The highest BCUT2D eigenvalue weighted by Gasteiger charge is 2.12. The van der Waals surface area contributed by atoms with Crippen molar-refractivity contribution in [3.63, 3.8) is 0 Å². The fourth-order valence-corrected chi connectivity index (χ4v) is 2.82. The third-order valence-corrected chi connectivity index (χ3v) is 4.29. The van der Waals surface area contributed by atoms with Crippen molar-refractivity contribution in [3.05, 3.63) is 82.9 Å². The predicted octanol–water partition coefficient (Wildman–Crippen LogP) is 4.23. The Morgan fingerprint density at radius 3 is 1.86 bits per heavy atom. The van der Waals surface area contributed by atoms with Gasteiger partial charge in [-0.1, -0.05) is 29.7 Å². The molecular formula is C25H18O4. The Kier molecular flexibility index (Phi) is 5.27. The molecule has 0 N–H and O–H groups in total. The highest BCUT2D eigenvalue weighted by molar-refractivity contribution is 5.53. The summed E-state index contributed by atoms with van der Waals surface area (Å²) in [6.45, 7) is 0.256. The fraction of sp³-hybridized carbons (Fsp3) is 0.120. The van der Waals surface area contributed by atoms with Crippen LogP contribution in [0.25, 0.3) is 0 Å². The van der Waals surface area contributed by atoms with Crippen LogP contribution >= 0.6 is 0 Å². The molecule has 4 rings (SSSR count). The van der Waals surface area contributed by atoms with Crippen molar-refractivity contribution in [3.8, 4) is 46.7 Å². The molecule has 0 spiro atoms. The van der Waals surface area contributed by atoms with Gasteiger partial charge >= 0.3 is 0 Å². The molecule has 0 saturated carbocycles. The van der Waals surface area contributed by atoms with Gasteiger partial charge in [0, 0.05) is 28.3 Å². The van der Waals surface area contributed by atoms with Crippen LogP contribution in [0.5, 0.6) is 23.0 Å². The van der Waals surface area contributed by atoms with Crippen LogP contribution in [0, 0.1) is 23.7 Å². The smallest absolute Gasteiger partial charge is 0.231 e. The molecule has 0 radical (unpaired) electrons. The van der Waals surface area contributed by atoms with Gasteiger partial charge in [-0.05, 0) is 48.5 Å². The van der Waals surface area contributed by atoms with E-state index in [4.69, 9.17) is 18.9 Å². The Hall–Kier alpha value is -4.02. The maximum Gasteiger partial charge on any atom is 0.231 e. The van der Waals surface area contributed by atoms with Crippen molar-refractivity contribution < 1.29 is 18.9 Å². The first-order valence-electron chi connectivity index (χ1n) is 9.00. The number of hydrogen-bond donors (Lipinski definition) is 0. The lowest BCUT2D eigenvalue weighted by Gasteiger charge is -2.04. The Bertz CT molecular complexity index is 1150. The van der Waals surface area contributed by atoms with Crippen LogP contribution in [-0.2, 0) is 0 Å². The molecule has 29 heavy (non-hydrogen) atoms. The SMILES string of the molecule is COc1cc(C#Cc2cccc(C#Cc3ccc4c(c3)OCO4)c2)cc(OC)c1. The van der Waals surface area contributed by atoms with Crippen LogP contribution in [0.15, 0.2) is 60.7 Å². The molecule has 0 fully saturated rings. The highest BCUT2D eigenvalue weighted by atomic mass is 16.7. The van der Waals surface area contributed by atoms with Gasteiger partial charge in [-0.25, -0.2) is 0 Å². The molecule has 4 nitrogen and oxygen atoms in total. The van der Waals surface area contributed by atoms with Gasteiger partial charge in [0.05, 0.1) is 14.2 Å². The summed E-state index contributed by atoms with van der Waals surface area (Å²) >= 11 is 0. The van der Waals surface area contributed by atoms with E-state index in [1.807, 2.05) is 60.7 Å². The normalized spacial score (nSPS) is 11.0. The highest BCUT2D eigenvalue weighted by Crippen LogP contribution is 2.32. The first kappa shape index (κ1) is 18.3. The zero-order valence-electron chi connectivity index (χ0n) is 16.1. The largest absolute Gasteiger partial charge is 0.497 e. The molecule has 0 atom stereocenters. The summed E-state index contributed by atoms with van der Waals surface area (Å²) < 4.78 is 21.3. The summed E-state index contributed by atoms with van der Waals surface area (Å²) in [7, 11) is 3.24.